The van der Waals surface area contributed by atoms with E-state index in [1.165, 1.54) is 19.4 Å². The van der Waals surface area contributed by atoms with E-state index in [4.69, 9.17) is 4.74 Å². The number of pyridine rings is 1. The van der Waals surface area contributed by atoms with E-state index >= 15 is 0 Å². The Bertz CT molecular complexity index is 705. The van der Waals surface area contributed by atoms with Crippen molar-refractivity contribution in [2.75, 3.05) is 7.11 Å². The minimum absolute atomic E-state index is 0.0738. The minimum Gasteiger partial charge on any atom is -0.465 e. The summed E-state index contributed by atoms with van der Waals surface area (Å²) in [5, 5.41) is 9.30. The zero-order valence-corrected chi connectivity index (χ0v) is 12.8. The van der Waals surface area contributed by atoms with Crippen LogP contribution in [0.25, 0.3) is 0 Å². The molecule has 1 aliphatic rings. The van der Waals surface area contributed by atoms with Crippen molar-refractivity contribution in [2.24, 2.45) is 10.9 Å². The van der Waals surface area contributed by atoms with Gasteiger partial charge in [-0.15, -0.1) is 0 Å². The van der Waals surface area contributed by atoms with E-state index in [2.05, 4.69) is 9.98 Å². The molecule has 114 valence electrons. The van der Waals surface area contributed by atoms with Crippen LogP contribution in [0, 0.1) is 17.4 Å². The predicted octanol–water partition coefficient (Wildman–Crippen LogP) is 1.35. The smallest absolute Gasteiger partial charge is 0.340 e. The number of hydrogen-bond acceptors (Lipinski definition) is 6. The third-order valence-corrected chi connectivity index (χ3v) is 3.84. The highest BCUT2D eigenvalue weighted by molar-refractivity contribution is 6.18. The highest BCUT2D eigenvalue weighted by atomic mass is 16.5. The molecule has 7 heteroatoms. The fourth-order valence-corrected chi connectivity index (χ4v) is 2.13. The molecule has 1 amide bonds. The molecule has 0 N–H and O–H groups in total. The van der Waals surface area contributed by atoms with Crippen molar-refractivity contribution in [3.63, 3.8) is 0 Å². The van der Waals surface area contributed by atoms with Gasteiger partial charge in [0.2, 0.25) is 0 Å². The van der Waals surface area contributed by atoms with Crippen molar-refractivity contribution in [3.05, 3.63) is 29.6 Å². The van der Waals surface area contributed by atoms with Crippen LogP contribution in [-0.4, -0.2) is 40.2 Å². The lowest BCUT2D eigenvalue weighted by atomic mass is 9.89. The average molecular weight is 300 g/mol. The summed E-state index contributed by atoms with van der Waals surface area (Å²) in [4.78, 5) is 33.7. The first-order valence-electron chi connectivity index (χ1n) is 6.74. The van der Waals surface area contributed by atoms with Crippen molar-refractivity contribution >= 4 is 17.7 Å². The molecule has 1 atom stereocenters. The molecule has 2 rings (SSSR count). The van der Waals surface area contributed by atoms with E-state index in [1.807, 2.05) is 20.0 Å². The van der Waals surface area contributed by atoms with Gasteiger partial charge < -0.3 is 4.74 Å². The van der Waals surface area contributed by atoms with Gasteiger partial charge in [0, 0.05) is 6.20 Å². The first-order chi connectivity index (χ1) is 10.4. The number of rotatable bonds is 3. The fraction of sp³-hybridized carbons (Fsp3) is 0.400. The van der Waals surface area contributed by atoms with Crippen LogP contribution in [0.15, 0.2) is 23.3 Å². The highest BCUT2D eigenvalue weighted by Gasteiger charge is 2.48. The lowest BCUT2D eigenvalue weighted by Crippen LogP contribution is -2.42. The fourth-order valence-electron chi connectivity index (χ4n) is 2.13. The molecule has 0 saturated carbocycles. The second kappa shape index (κ2) is 5.56. The molecule has 2 heterocycles. The third-order valence-electron chi connectivity index (χ3n) is 3.84. The summed E-state index contributed by atoms with van der Waals surface area (Å²) >= 11 is 0. The number of nitriles is 1. The monoisotopic (exact) mass is 300 g/mol. The molecular formula is C15H16N4O3. The molecule has 1 aromatic heterocycles. The van der Waals surface area contributed by atoms with Crippen LogP contribution in [0.3, 0.4) is 0 Å². The van der Waals surface area contributed by atoms with Crippen LogP contribution in [0.2, 0.25) is 0 Å². The molecule has 0 radical (unpaired) electrons. The first-order valence-corrected chi connectivity index (χ1v) is 6.74. The van der Waals surface area contributed by atoms with Gasteiger partial charge in [0.15, 0.2) is 12.0 Å². The first kappa shape index (κ1) is 15.6. The second-order valence-electron chi connectivity index (χ2n) is 5.37. The standard InChI is InChI=1S/C15H16N4O3/c1-9(2)15(3)14(21)19(8-16)12(18-15)11-10(13(20)22-4)6-5-7-17-11/h5-7,9H,1-4H3. The van der Waals surface area contributed by atoms with E-state index in [1.54, 1.807) is 13.0 Å². The molecule has 1 aromatic rings. The Balaban J connectivity index is 2.64. The van der Waals surface area contributed by atoms with Crippen molar-refractivity contribution in [2.45, 2.75) is 26.3 Å². The number of methoxy groups -OCH3 is 1. The van der Waals surface area contributed by atoms with Crippen LogP contribution >= 0.6 is 0 Å². The molecule has 0 aromatic carbocycles. The van der Waals surface area contributed by atoms with Crippen LogP contribution in [0.1, 0.15) is 36.8 Å². The Labute approximate surface area is 128 Å². The minimum atomic E-state index is -1.06. The summed E-state index contributed by atoms with van der Waals surface area (Å²) in [6, 6.07) is 3.09. The number of carbonyl (C=O) groups excluding carboxylic acids is 2. The van der Waals surface area contributed by atoms with Gasteiger partial charge in [-0.1, -0.05) is 13.8 Å². The van der Waals surface area contributed by atoms with Crippen molar-refractivity contribution in [1.82, 2.24) is 9.88 Å². The maximum absolute atomic E-state index is 12.5. The Morgan fingerprint density at radius 2 is 2.18 bits per heavy atom. The lowest BCUT2D eigenvalue weighted by molar-refractivity contribution is -0.129. The highest BCUT2D eigenvalue weighted by Crippen LogP contribution is 2.31. The Hall–Kier alpha value is -2.75. The molecule has 1 aliphatic heterocycles. The number of aliphatic imine (C=N–C) groups is 1. The zero-order valence-electron chi connectivity index (χ0n) is 12.8. The summed E-state index contributed by atoms with van der Waals surface area (Å²) in [5.41, 5.74) is -0.742. The number of hydrogen-bond donors (Lipinski definition) is 0. The summed E-state index contributed by atoms with van der Waals surface area (Å²) in [6.07, 6.45) is 3.28. The molecule has 1 unspecified atom stereocenters. The van der Waals surface area contributed by atoms with E-state index in [9.17, 15) is 14.9 Å². The van der Waals surface area contributed by atoms with Crippen molar-refractivity contribution in [3.8, 4) is 6.19 Å². The summed E-state index contributed by atoms with van der Waals surface area (Å²) in [6.45, 7) is 5.36. The van der Waals surface area contributed by atoms with Gasteiger partial charge in [0.25, 0.3) is 5.91 Å². The van der Waals surface area contributed by atoms with Gasteiger partial charge in [-0.25, -0.2) is 9.79 Å². The summed E-state index contributed by atoms with van der Waals surface area (Å²) in [7, 11) is 1.25. The number of nitrogens with zero attached hydrogens (tertiary/aromatic N) is 4. The number of amides is 1. The summed E-state index contributed by atoms with van der Waals surface area (Å²) < 4.78 is 4.71. The molecule has 0 spiro atoms. The quantitative estimate of drug-likeness (QED) is 0.620. The van der Waals surface area contributed by atoms with Gasteiger partial charge in [-0.05, 0) is 25.0 Å². The van der Waals surface area contributed by atoms with Gasteiger partial charge in [-0.3, -0.25) is 9.78 Å². The number of aromatic nitrogens is 1. The van der Waals surface area contributed by atoms with E-state index < -0.39 is 17.4 Å². The van der Waals surface area contributed by atoms with E-state index in [-0.39, 0.29) is 23.0 Å². The lowest BCUT2D eigenvalue weighted by Gasteiger charge is -2.22. The van der Waals surface area contributed by atoms with Gasteiger partial charge in [0.1, 0.15) is 11.2 Å². The molecule has 0 aliphatic carbocycles. The average Bonchev–Trinajstić information content (AvgIpc) is 2.79. The zero-order chi connectivity index (χ0) is 16.5. The third kappa shape index (κ3) is 2.22. The molecule has 7 nitrogen and oxygen atoms in total. The topological polar surface area (TPSA) is 95.7 Å². The van der Waals surface area contributed by atoms with Gasteiger partial charge in [-0.2, -0.15) is 10.2 Å². The van der Waals surface area contributed by atoms with Gasteiger partial charge in [0.05, 0.1) is 12.7 Å². The molecule has 0 saturated heterocycles. The van der Waals surface area contributed by atoms with Crippen LogP contribution in [0.5, 0.6) is 0 Å². The number of esters is 1. The summed E-state index contributed by atoms with van der Waals surface area (Å²) in [5.74, 6) is -1.07. The van der Waals surface area contributed by atoms with Gasteiger partial charge >= 0.3 is 5.97 Å². The second-order valence-corrected chi connectivity index (χ2v) is 5.37. The van der Waals surface area contributed by atoms with Crippen molar-refractivity contribution < 1.29 is 14.3 Å². The van der Waals surface area contributed by atoms with E-state index in [0.29, 0.717) is 0 Å². The van der Waals surface area contributed by atoms with Crippen molar-refractivity contribution in [1.29, 1.82) is 5.26 Å². The maximum Gasteiger partial charge on any atom is 0.340 e. The maximum atomic E-state index is 12.5. The molecule has 0 bridgehead atoms. The number of carbonyl (C=O) groups is 2. The molecular weight excluding hydrogens is 284 g/mol. The molecule has 0 fully saturated rings. The van der Waals surface area contributed by atoms with Crippen LogP contribution in [-0.2, 0) is 9.53 Å². The SMILES string of the molecule is COC(=O)c1cccnc1C1=NC(C)(C(C)C)C(=O)N1C#N. The Morgan fingerprint density at radius 1 is 1.50 bits per heavy atom. The largest absolute Gasteiger partial charge is 0.465 e. The predicted molar refractivity (Wildman–Crippen MR) is 77.8 cm³/mol. The number of amidine groups is 1. The van der Waals surface area contributed by atoms with Crippen LogP contribution < -0.4 is 0 Å². The molecule has 22 heavy (non-hydrogen) atoms. The Morgan fingerprint density at radius 3 is 2.73 bits per heavy atom. The normalized spacial score (nSPS) is 20.8. The van der Waals surface area contributed by atoms with Crippen LogP contribution in [0.4, 0.5) is 0 Å². The Kier molecular flexibility index (Phi) is 3.95. The van der Waals surface area contributed by atoms with E-state index in [0.717, 1.165) is 4.90 Å². The number of ether oxygens (including phenoxy) is 1.